The predicted molar refractivity (Wildman–Crippen MR) is 68.6 cm³/mol. The first kappa shape index (κ1) is 14.2. The van der Waals surface area contributed by atoms with Gasteiger partial charge in [0.05, 0.1) is 16.2 Å². The summed E-state index contributed by atoms with van der Waals surface area (Å²) >= 11 is 0. The maximum Gasteiger partial charge on any atom is 0.333 e. The molecular formula is C12H15NO4S. The number of benzene rings is 1. The van der Waals surface area contributed by atoms with E-state index in [9.17, 15) is 13.2 Å². The number of rotatable bonds is 4. The fraction of sp³-hybridized carbons (Fsp3) is 0.250. The Labute approximate surface area is 106 Å². The third-order valence-corrected chi connectivity index (χ3v) is 4.34. The third-order valence-electron chi connectivity index (χ3n) is 2.61. The highest BCUT2D eigenvalue weighted by Crippen LogP contribution is 2.19. The van der Waals surface area contributed by atoms with Crippen LogP contribution in [0.2, 0.25) is 0 Å². The van der Waals surface area contributed by atoms with Gasteiger partial charge >= 0.3 is 5.97 Å². The molecular weight excluding hydrogens is 254 g/mol. The van der Waals surface area contributed by atoms with Crippen molar-refractivity contribution in [3.05, 3.63) is 35.4 Å². The van der Waals surface area contributed by atoms with Crippen LogP contribution in [-0.2, 0) is 14.6 Å². The van der Waals surface area contributed by atoms with Crippen LogP contribution in [0.1, 0.15) is 19.4 Å². The van der Waals surface area contributed by atoms with Gasteiger partial charge in [-0.1, -0.05) is 19.1 Å². The molecule has 1 aromatic carbocycles. The second kappa shape index (κ2) is 5.22. The molecule has 3 N–H and O–H groups in total. The largest absolute Gasteiger partial charge is 0.478 e. The number of hydrogen-bond donors (Lipinski definition) is 2. The number of hydrogen-bond acceptors (Lipinski definition) is 4. The molecule has 0 radical (unpaired) electrons. The van der Waals surface area contributed by atoms with Gasteiger partial charge in [0.25, 0.3) is 0 Å². The SMILES string of the molecule is CCS(=O)(=O)c1cccc(C(N)=C(C)C(=O)O)c1. The van der Waals surface area contributed by atoms with E-state index >= 15 is 0 Å². The van der Waals surface area contributed by atoms with Gasteiger partial charge in [-0.05, 0) is 24.6 Å². The average Bonchev–Trinajstić information content (AvgIpc) is 2.37. The van der Waals surface area contributed by atoms with Crippen molar-refractivity contribution in [1.29, 1.82) is 0 Å². The number of carbonyl (C=O) groups is 1. The molecule has 1 aromatic rings. The van der Waals surface area contributed by atoms with E-state index in [1.165, 1.54) is 19.1 Å². The van der Waals surface area contributed by atoms with Crippen LogP contribution in [0.15, 0.2) is 34.7 Å². The Bertz CT molecular complexity index is 602. The monoisotopic (exact) mass is 269 g/mol. The van der Waals surface area contributed by atoms with Gasteiger partial charge in [0.15, 0.2) is 9.84 Å². The number of carboxylic acids is 1. The van der Waals surface area contributed by atoms with E-state index in [1.54, 1.807) is 19.1 Å². The van der Waals surface area contributed by atoms with Crippen LogP contribution in [0.3, 0.4) is 0 Å². The molecule has 0 aromatic heterocycles. The van der Waals surface area contributed by atoms with Crippen molar-refractivity contribution in [2.75, 3.05) is 5.75 Å². The molecule has 1 rings (SSSR count). The average molecular weight is 269 g/mol. The van der Waals surface area contributed by atoms with Gasteiger partial charge in [0.2, 0.25) is 0 Å². The van der Waals surface area contributed by atoms with Crippen molar-refractivity contribution >= 4 is 21.5 Å². The second-order valence-electron chi connectivity index (χ2n) is 3.78. The molecule has 98 valence electrons. The van der Waals surface area contributed by atoms with Crippen molar-refractivity contribution in [3.63, 3.8) is 0 Å². The summed E-state index contributed by atoms with van der Waals surface area (Å²) in [7, 11) is -3.33. The summed E-state index contributed by atoms with van der Waals surface area (Å²) in [6, 6.07) is 5.97. The van der Waals surface area contributed by atoms with Gasteiger partial charge in [-0.3, -0.25) is 0 Å². The number of sulfone groups is 1. The van der Waals surface area contributed by atoms with Crippen molar-refractivity contribution in [2.45, 2.75) is 18.7 Å². The van der Waals surface area contributed by atoms with Crippen molar-refractivity contribution < 1.29 is 18.3 Å². The highest BCUT2D eigenvalue weighted by molar-refractivity contribution is 7.91. The standard InChI is InChI=1S/C12H15NO4S/c1-3-18(16,17)10-6-4-5-9(7-10)11(13)8(2)12(14)15/h4-7H,3,13H2,1-2H3,(H,14,15). The van der Waals surface area contributed by atoms with Crippen LogP contribution < -0.4 is 5.73 Å². The summed E-state index contributed by atoms with van der Waals surface area (Å²) in [4.78, 5) is 10.9. The molecule has 0 saturated carbocycles. The van der Waals surface area contributed by atoms with Gasteiger partial charge in [0.1, 0.15) is 0 Å². The fourth-order valence-corrected chi connectivity index (χ4v) is 2.28. The Balaban J connectivity index is 3.35. The molecule has 0 aliphatic rings. The van der Waals surface area contributed by atoms with Crippen LogP contribution in [0.25, 0.3) is 5.70 Å². The van der Waals surface area contributed by atoms with E-state index in [0.717, 1.165) is 0 Å². The van der Waals surface area contributed by atoms with Gasteiger partial charge in [-0.2, -0.15) is 0 Å². The molecule has 0 aliphatic heterocycles. The lowest BCUT2D eigenvalue weighted by Gasteiger charge is -2.07. The molecule has 6 heteroatoms. The molecule has 0 bridgehead atoms. The Morgan fingerprint density at radius 2 is 2.00 bits per heavy atom. The number of carboxylic acid groups (broad SMARTS) is 1. The summed E-state index contributed by atoms with van der Waals surface area (Å²) in [5.74, 6) is -1.14. The Morgan fingerprint density at radius 3 is 2.50 bits per heavy atom. The molecule has 0 fully saturated rings. The smallest absolute Gasteiger partial charge is 0.333 e. The third kappa shape index (κ3) is 2.89. The zero-order valence-electron chi connectivity index (χ0n) is 10.2. The van der Waals surface area contributed by atoms with Crippen LogP contribution >= 0.6 is 0 Å². The first-order chi connectivity index (χ1) is 8.29. The lowest BCUT2D eigenvalue weighted by atomic mass is 10.1. The molecule has 5 nitrogen and oxygen atoms in total. The summed E-state index contributed by atoms with van der Waals surface area (Å²) in [6.45, 7) is 2.92. The van der Waals surface area contributed by atoms with E-state index in [2.05, 4.69) is 0 Å². The van der Waals surface area contributed by atoms with Crippen LogP contribution in [0.4, 0.5) is 0 Å². The quantitative estimate of drug-likeness (QED) is 0.802. The first-order valence-corrected chi connectivity index (χ1v) is 6.97. The minimum Gasteiger partial charge on any atom is -0.478 e. The first-order valence-electron chi connectivity index (χ1n) is 5.32. The zero-order valence-corrected chi connectivity index (χ0v) is 11.0. The van der Waals surface area contributed by atoms with Crippen molar-refractivity contribution in [1.82, 2.24) is 0 Å². The molecule has 0 saturated heterocycles. The van der Waals surface area contributed by atoms with Crippen LogP contribution in [0.5, 0.6) is 0 Å². The number of nitrogens with two attached hydrogens (primary N) is 1. The normalized spacial score (nSPS) is 13.0. The van der Waals surface area contributed by atoms with E-state index in [0.29, 0.717) is 5.56 Å². The van der Waals surface area contributed by atoms with Gasteiger partial charge in [-0.15, -0.1) is 0 Å². The van der Waals surface area contributed by atoms with Crippen LogP contribution in [-0.4, -0.2) is 25.2 Å². The van der Waals surface area contributed by atoms with E-state index < -0.39 is 15.8 Å². The molecule has 0 unspecified atom stereocenters. The topological polar surface area (TPSA) is 97.5 Å². The Hall–Kier alpha value is -1.82. The van der Waals surface area contributed by atoms with Crippen molar-refractivity contribution in [3.8, 4) is 0 Å². The summed E-state index contributed by atoms with van der Waals surface area (Å²) in [5.41, 5.74) is 6.14. The van der Waals surface area contributed by atoms with Gasteiger partial charge in [-0.25, -0.2) is 13.2 Å². The summed E-state index contributed by atoms with van der Waals surface area (Å²) in [5, 5.41) is 8.83. The number of aliphatic carboxylic acids is 1. The predicted octanol–water partition coefficient (Wildman–Crippen LogP) is 1.25. The van der Waals surface area contributed by atoms with Crippen LogP contribution in [0, 0.1) is 0 Å². The molecule has 0 aliphatic carbocycles. The van der Waals surface area contributed by atoms with E-state index in [1.807, 2.05) is 0 Å². The van der Waals surface area contributed by atoms with E-state index in [-0.39, 0.29) is 21.9 Å². The molecule has 0 atom stereocenters. The highest BCUT2D eigenvalue weighted by Gasteiger charge is 2.14. The highest BCUT2D eigenvalue weighted by atomic mass is 32.2. The minimum absolute atomic E-state index is 0.0129. The lowest BCUT2D eigenvalue weighted by molar-refractivity contribution is -0.132. The minimum atomic E-state index is -3.33. The van der Waals surface area contributed by atoms with Gasteiger partial charge in [0, 0.05) is 5.70 Å². The second-order valence-corrected chi connectivity index (χ2v) is 6.05. The lowest BCUT2D eigenvalue weighted by Crippen LogP contribution is -2.09. The van der Waals surface area contributed by atoms with Gasteiger partial charge < -0.3 is 10.8 Å². The Kier molecular flexibility index (Phi) is 4.13. The molecule has 0 heterocycles. The Morgan fingerprint density at radius 1 is 1.39 bits per heavy atom. The molecule has 18 heavy (non-hydrogen) atoms. The maximum absolute atomic E-state index is 11.7. The molecule has 0 spiro atoms. The fourth-order valence-electron chi connectivity index (χ4n) is 1.36. The summed E-state index contributed by atoms with van der Waals surface area (Å²) in [6.07, 6.45) is 0. The summed E-state index contributed by atoms with van der Waals surface area (Å²) < 4.78 is 23.4. The molecule has 0 amide bonds. The van der Waals surface area contributed by atoms with E-state index in [4.69, 9.17) is 10.8 Å². The maximum atomic E-state index is 11.7. The zero-order chi connectivity index (χ0) is 13.9. The van der Waals surface area contributed by atoms with Crippen molar-refractivity contribution in [2.24, 2.45) is 5.73 Å².